The van der Waals surface area contributed by atoms with Crippen LogP contribution in [0.15, 0.2) is 5.18 Å². The summed E-state index contributed by atoms with van der Waals surface area (Å²) in [6.45, 7) is 0. The van der Waals surface area contributed by atoms with Gasteiger partial charge in [0.1, 0.15) is 12.2 Å². The summed E-state index contributed by atoms with van der Waals surface area (Å²) in [5.41, 5.74) is 0. The van der Waals surface area contributed by atoms with Crippen LogP contribution in [-0.4, -0.2) is 12.2 Å². The van der Waals surface area contributed by atoms with Crippen LogP contribution in [0.2, 0.25) is 0 Å². The number of nitroso groups, excluding NO2 is 1. The van der Waals surface area contributed by atoms with E-state index >= 15 is 0 Å². The SMILES string of the molecule is O=NC1CCCCCCC1F. The van der Waals surface area contributed by atoms with Crippen LogP contribution in [0.25, 0.3) is 0 Å². The zero-order valence-corrected chi connectivity index (χ0v) is 6.63. The highest BCUT2D eigenvalue weighted by Crippen LogP contribution is 2.21. The van der Waals surface area contributed by atoms with Gasteiger partial charge in [0.05, 0.1) is 0 Å². The summed E-state index contributed by atoms with van der Waals surface area (Å²) < 4.78 is 13.0. The number of hydrogen-bond donors (Lipinski definition) is 0. The first-order valence-electron chi connectivity index (χ1n) is 4.31. The molecule has 0 aliphatic heterocycles. The Hall–Kier alpha value is -0.470. The van der Waals surface area contributed by atoms with Crippen LogP contribution in [0.1, 0.15) is 38.5 Å². The number of alkyl halides is 1. The normalized spacial score (nSPS) is 33.9. The quantitative estimate of drug-likeness (QED) is 0.541. The Balaban J connectivity index is 2.39. The molecule has 2 nitrogen and oxygen atoms in total. The molecule has 1 aliphatic rings. The molecule has 0 aromatic rings. The first kappa shape index (κ1) is 8.62. The topological polar surface area (TPSA) is 29.4 Å². The molecule has 0 radical (unpaired) electrons. The Morgan fingerprint density at radius 1 is 1.09 bits per heavy atom. The van der Waals surface area contributed by atoms with Crippen LogP contribution in [0.4, 0.5) is 4.39 Å². The average molecular weight is 159 g/mol. The average Bonchev–Trinajstić information content (AvgIpc) is 1.98. The van der Waals surface area contributed by atoms with Crippen molar-refractivity contribution in [2.75, 3.05) is 0 Å². The third-order valence-corrected chi connectivity index (χ3v) is 2.28. The van der Waals surface area contributed by atoms with Crippen molar-refractivity contribution in [3.63, 3.8) is 0 Å². The maximum absolute atomic E-state index is 13.0. The minimum Gasteiger partial charge on any atom is -0.245 e. The predicted octanol–water partition coefficient (Wildman–Crippen LogP) is 2.81. The molecule has 0 spiro atoms. The summed E-state index contributed by atoms with van der Waals surface area (Å²) in [5, 5.41) is 2.81. The largest absolute Gasteiger partial charge is 0.245 e. The molecular weight excluding hydrogens is 145 g/mol. The molecule has 0 N–H and O–H groups in total. The lowest BCUT2D eigenvalue weighted by molar-refractivity contribution is 0.235. The van der Waals surface area contributed by atoms with Gasteiger partial charge in [-0.3, -0.25) is 0 Å². The summed E-state index contributed by atoms with van der Waals surface area (Å²) in [7, 11) is 0. The Kier molecular flexibility index (Phi) is 3.46. The van der Waals surface area contributed by atoms with Crippen molar-refractivity contribution in [2.24, 2.45) is 5.18 Å². The third-order valence-electron chi connectivity index (χ3n) is 2.28. The van der Waals surface area contributed by atoms with Crippen molar-refractivity contribution in [2.45, 2.75) is 50.7 Å². The molecule has 0 heterocycles. The second kappa shape index (κ2) is 4.42. The van der Waals surface area contributed by atoms with Crippen molar-refractivity contribution in [3.05, 3.63) is 4.91 Å². The number of rotatable bonds is 1. The van der Waals surface area contributed by atoms with E-state index in [1.54, 1.807) is 0 Å². The zero-order chi connectivity index (χ0) is 8.10. The van der Waals surface area contributed by atoms with E-state index in [1.807, 2.05) is 0 Å². The highest BCUT2D eigenvalue weighted by molar-refractivity contribution is 4.77. The summed E-state index contributed by atoms with van der Waals surface area (Å²) >= 11 is 0. The number of halogens is 1. The lowest BCUT2D eigenvalue weighted by Gasteiger charge is -2.16. The molecule has 64 valence electrons. The number of hydrogen-bond acceptors (Lipinski definition) is 2. The standard InChI is InChI=1S/C8H14FNO/c9-7-5-3-1-2-4-6-8(7)10-11/h7-8H,1-6H2. The van der Waals surface area contributed by atoms with Crippen molar-refractivity contribution >= 4 is 0 Å². The predicted molar refractivity (Wildman–Crippen MR) is 42.2 cm³/mol. The zero-order valence-electron chi connectivity index (χ0n) is 6.63. The molecule has 2 atom stereocenters. The first-order valence-corrected chi connectivity index (χ1v) is 4.31. The Bertz CT molecular complexity index is 129. The lowest BCUT2D eigenvalue weighted by atomic mass is 9.96. The van der Waals surface area contributed by atoms with Crippen molar-refractivity contribution < 1.29 is 4.39 Å². The van der Waals surface area contributed by atoms with Crippen LogP contribution in [0, 0.1) is 4.91 Å². The fourth-order valence-electron chi connectivity index (χ4n) is 1.54. The molecule has 1 fully saturated rings. The van der Waals surface area contributed by atoms with Gasteiger partial charge in [-0.05, 0) is 12.8 Å². The van der Waals surface area contributed by atoms with Gasteiger partial charge in [-0.2, -0.15) is 4.91 Å². The van der Waals surface area contributed by atoms with Crippen LogP contribution < -0.4 is 0 Å². The van der Waals surface area contributed by atoms with E-state index in [0.29, 0.717) is 12.8 Å². The van der Waals surface area contributed by atoms with Gasteiger partial charge in [-0.15, -0.1) is 0 Å². The molecule has 1 saturated carbocycles. The lowest BCUT2D eigenvalue weighted by Crippen LogP contribution is -2.20. The summed E-state index contributed by atoms with van der Waals surface area (Å²) in [4.78, 5) is 10.1. The highest BCUT2D eigenvalue weighted by atomic mass is 19.1. The smallest absolute Gasteiger partial charge is 0.126 e. The van der Waals surface area contributed by atoms with Gasteiger partial charge in [-0.1, -0.05) is 30.9 Å². The van der Waals surface area contributed by atoms with Gasteiger partial charge >= 0.3 is 0 Å². The fraction of sp³-hybridized carbons (Fsp3) is 1.00. The summed E-state index contributed by atoms with van der Waals surface area (Å²) in [6, 6.07) is -0.560. The maximum atomic E-state index is 13.0. The molecule has 1 rings (SSSR count). The Morgan fingerprint density at radius 3 is 2.36 bits per heavy atom. The van der Waals surface area contributed by atoms with Gasteiger partial charge < -0.3 is 0 Å². The third kappa shape index (κ3) is 2.56. The molecule has 2 unspecified atom stereocenters. The van der Waals surface area contributed by atoms with Crippen LogP contribution in [-0.2, 0) is 0 Å². The van der Waals surface area contributed by atoms with Crippen LogP contribution >= 0.6 is 0 Å². The molecule has 0 saturated heterocycles. The second-order valence-electron chi connectivity index (χ2n) is 3.18. The van der Waals surface area contributed by atoms with Crippen molar-refractivity contribution in [1.29, 1.82) is 0 Å². The van der Waals surface area contributed by atoms with E-state index in [-0.39, 0.29) is 0 Å². The van der Waals surface area contributed by atoms with Gasteiger partial charge in [0.2, 0.25) is 0 Å². The Labute approximate surface area is 66.1 Å². The Morgan fingerprint density at radius 2 is 1.73 bits per heavy atom. The first-order chi connectivity index (χ1) is 5.34. The van der Waals surface area contributed by atoms with E-state index in [4.69, 9.17) is 0 Å². The molecule has 3 heteroatoms. The summed E-state index contributed by atoms with van der Waals surface area (Å²) in [6.07, 6.45) is 4.28. The molecule has 0 aromatic heterocycles. The van der Waals surface area contributed by atoms with E-state index in [2.05, 4.69) is 5.18 Å². The molecule has 0 aromatic carbocycles. The summed E-state index contributed by atoms with van der Waals surface area (Å²) in [5.74, 6) is 0. The maximum Gasteiger partial charge on any atom is 0.126 e. The van der Waals surface area contributed by atoms with Gasteiger partial charge in [-0.25, -0.2) is 4.39 Å². The molecule has 0 bridgehead atoms. The van der Waals surface area contributed by atoms with Crippen LogP contribution in [0.5, 0.6) is 0 Å². The van der Waals surface area contributed by atoms with Crippen LogP contribution in [0.3, 0.4) is 0 Å². The van der Waals surface area contributed by atoms with Gasteiger partial charge in [0, 0.05) is 0 Å². The second-order valence-corrected chi connectivity index (χ2v) is 3.18. The van der Waals surface area contributed by atoms with Crippen molar-refractivity contribution in [3.8, 4) is 0 Å². The number of nitrogens with zero attached hydrogens (tertiary/aromatic N) is 1. The highest BCUT2D eigenvalue weighted by Gasteiger charge is 2.22. The van der Waals surface area contributed by atoms with E-state index in [0.717, 1.165) is 25.7 Å². The van der Waals surface area contributed by atoms with Gasteiger partial charge in [0.25, 0.3) is 0 Å². The molecular formula is C8H14FNO. The molecule has 0 amide bonds. The van der Waals surface area contributed by atoms with E-state index in [9.17, 15) is 9.30 Å². The van der Waals surface area contributed by atoms with Crippen molar-refractivity contribution in [1.82, 2.24) is 0 Å². The monoisotopic (exact) mass is 159 g/mol. The van der Waals surface area contributed by atoms with E-state index < -0.39 is 12.2 Å². The molecule has 1 aliphatic carbocycles. The minimum atomic E-state index is -0.979. The minimum absolute atomic E-state index is 0.524. The van der Waals surface area contributed by atoms with Gasteiger partial charge in [0.15, 0.2) is 0 Å². The molecule has 11 heavy (non-hydrogen) atoms. The van der Waals surface area contributed by atoms with E-state index in [1.165, 1.54) is 0 Å². The fourth-order valence-corrected chi connectivity index (χ4v) is 1.54.